The van der Waals surface area contributed by atoms with Crippen LogP contribution in [0.3, 0.4) is 0 Å². The van der Waals surface area contributed by atoms with E-state index in [-0.39, 0.29) is 25.2 Å². The van der Waals surface area contributed by atoms with Crippen LogP contribution in [0.1, 0.15) is 33.6 Å². The standard InChI is InChI=1S/C18H20N2O4S/c1-12-5-6-13(2)15(10-12)24-11-18(23)20-19-17(22)8-7-14(21)16-4-3-9-25-16/h3-6,9-10H,7-8,11H2,1-2H3,(H,19,22)(H,20,23). The van der Waals surface area contributed by atoms with E-state index in [1.165, 1.54) is 11.3 Å². The van der Waals surface area contributed by atoms with Crippen LogP contribution >= 0.6 is 11.3 Å². The van der Waals surface area contributed by atoms with Crippen LogP contribution in [0.4, 0.5) is 0 Å². The minimum absolute atomic E-state index is 0.00879. The molecule has 0 radical (unpaired) electrons. The van der Waals surface area contributed by atoms with Crippen molar-refractivity contribution in [2.24, 2.45) is 0 Å². The molecule has 7 heteroatoms. The monoisotopic (exact) mass is 360 g/mol. The van der Waals surface area contributed by atoms with Crippen LogP contribution < -0.4 is 15.6 Å². The van der Waals surface area contributed by atoms with Gasteiger partial charge in [-0.05, 0) is 42.5 Å². The van der Waals surface area contributed by atoms with Gasteiger partial charge in [-0.15, -0.1) is 11.3 Å². The first-order valence-electron chi connectivity index (χ1n) is 7.80. The minimum atomic E-state index is -0.473. The first kappa shape index (κ1) is 18.7. The Morgan fingerprint density at radius 2 is 1.80 bits per heavy atom. The van der Waals surface area contributed by atoms with Gasteiger partial charge in [0.2, 0.25) is 5.91 Å². The zero-order valence-electron chi connectivity index (χ0n) is 14.1. The summed E-state index contributed by atoms with van der Waals surface area (Å²) in [5, 5.41) is 1.81. The average molecular weight is 360 g/mol. The quantitative estimate of drug-likeness (QED) is 0.587. The van der Waals surface area contributed by atoms with Crippen molar-refractivity contribution in [3.8, 4) is 5.75 Å². The molecule has 2 amide bonds. The van der Waals surface area contributed by atoms with E-state index in [2.05, 4.69) is 10.9 Å². The molecule has 2 rings (SSSR count). The molecule has 0 atom stereocenters. The number of benzene rings is 1. The van der Waals surface area contributed by atoms with Crippen LogP contribution in [0.25, 0.3) is 0 Å². The van der Waals surface area contributed by atoms with Crippen molar-refractivity contribution in [1.29, 1.82) is 0 Å². The van der Waals surface area contributed by atoms with Gasteiger partial charge in [-0.3, -0.25) is 25.2 Å². The number of ketones is 1. The molecule has 25 heavy (non-hydrogen) atoms. The fourth-order valence-electron chi connectivity index (χ4n) is 2.03. The Morgan fingerprint density at radius 3 is 2.52 bits per heavy atom. The molecule has 6 nitrogen and oxygen atoms in total. The number of amides is 2. The number of thiophene rings is 1. The number of ether oxygens (including phenoxy) is 1. The lowest BCUT2D eigenvalue weighted by molar-refractivity contribution is -0.130. The van der Waals surface area contributed by atoms with Crippen LogP contribution in [0.15, 0.2) is 35.7 Å². The van der Waals surface area contributed by atoms with E-state index in [1.54, 1.807) is 12.1 Å². The van der Waals surface area contributed by atoms with Gasteiger partial charge < -0.3 is 4.74 Å². The van der Waals surface area contributed by atoms with Crippen LogP contribution in [0.5, 0.6) is 5.75 Å². The number of carbonyl (C=O) groups is 3. The zero-order valence-corrected chi connectivity index (χ0v) is 14.9. The van der Waals surface area contributed by atoms with Gasteiger partial charge in [0.15, 0.2) is 12.4 Å². The van der Waals surface area contributed by atoms with E-state index >= 15 is 0 Å². The van der Waals surface area contributed by atoms with Crippen molar-refractivity contribution in [3.63, 3.8) is 0 Å². The topological polar surface area (TPSA) is 84.5 Å². The molecule has 0 saturated heterocycles. The summed E-state index contributed by atoms with van der Waals surface area (Å²) >= 11 is 1.34. The van der Waals surface area contributed by atoms with E-state index in [9.17, 15) is 14.4 Å². The van der Waals surface area contributed by atoms with Gasteiger partial charge in [-0.1, -0.05) is 18.2 Å². The molecule has 0 bridgehead atoms. The third kappa shape index (κ3) is 6.04. The summed E-state index contributed by atoms with van der Waals surface area (Å²) in [5.41, 5.74) is 6.51. The van der Waals surface area contributed by atoms with Gasteiger partial charge in [0.05, 0.1) is 4.88 Å². The molecule has 0 aliphatic heterocycles. The second kappa shape index (κ2) is 8.98. The van der Waals surface area contributed by atoms with Crippen molar-refractivity contribution >= 4 is 28.9 Å². The average Bonchev–Trinajstić information content (AvgIpc) is 3.13. The maximum Gasteiger partial charge on any atom is 0.276 e. The Morgan fingerprint density at radius 1 is 1.04 bits per heavy atom. The van der Waals surface area contributed by atoms with Crippen LogP contribution in [0.2, 0.25) is 0 Å². The highest BCUT2D eigenvalue weighted by Crippen LogP contribution is 2.18. The minimum Gasteiger partial charge on any atom is -0.483 e. The predicted octanol–water partition coefficient (Wildman–Crippen LogP) is 2.55. The maximum atomic E-state index is 11.8. The number of Topliss-reactive ketones (excluding diaryl/α,β-unsaturated/α-hetero) is 1. The third-order valence-electron chi connectivity index (χ3n) is 3.42. The number of hydrogen-bond acceptors (Lipinski definition) is 5. The molecular formula is C18H20N2O4S. The first-order valence-corrected chi connectivity index (χ1v) is 8.68. The lowest BCUT2D eigenvalue weighted by atomic mass is 10.1. The lowest BCUT2D eigenvalue weighted by Gasteiger charge is -2.11. The number of hydrazine groups is 1. The lowest BCUT2D eigenvalue weighted by Crippen LogP contribution is -2.43. The Kier molecular flexibility index (Phi) is 6.71. The highest BCUT2D eigenvalue weighted by Gasteiger charge is 2.11. The number of nitrogens with one attached hydrogen (secondary N) is 2. The smallest absolute Gasteiger partial charge is 0.276 e. The molecule has 1 aromatic heterocycles. The van der Waals surface area contributed by atoms with Crippen LogP contribution in [0, 0.1) is 13.8 Å². The number of hydrogen-bond donors (Lipinski definition) is 2. The fraction of sp³-hybridized carbons (Fsp3) is 0.278. The molecule has 0 saturated carbocycles. The van der Waals surface area contributed by atoms with Gasteiger partial charge in [0.1, 0.15) is 5.75 Å². The largest absolute Gasteiger partial charge is 0.483 e. The van der Waals surface area contributed by atoms with Crippen molar-refractivity contribution in [2.75, 3.05) is 6.61 Å². The molecule has 0 spiro atoms. The van der Waals surface area contributed by atoms with E-state index in [1.807, 2.05) is 37.4 Å². The molecule has 132 valence electrons. The van der Waals surface area contributed by atoms with E-state index in [0.29, 0.717) is 10.6 Å². The summed E-state index contributed by atoms with van der Waals surface area (Å²) in [6, 6.07) is 9.22. The van der Waals surface area contributed by atoms with Gasteiger partial charge >= 0.3 is 0 Å². The summed E-state index contributed by atoms with van der Waals surface area (Å²) in [4.78, 5) is 35.8. The van der Waals surface area contributed by atoms with Gasteiger partial charge in [-0.2, -0.15) is 0 Å². The molecule has 1 aromatic carbocycles. The summed E-state index contributed by atoms with van der Waals surface area (Å²) in [5.74, 6) is -0.360. The number of carbonyl (C=O) groups excluding carboxylic acids is 3. The molecule has 2 N–H and O–H groups in total. The van der Waals surface area contributed by atoms with Gasteiger partial charge in [-0.25, -0.2) is 0 Å². The first-order chi connectivity index (χ1) is 12.0. The van der Waals surface area contributed by atoms with Gasteiger partial charge in [0.25, 0.3) is 5.91 Å². The Labute approximate surface area is 150 Å². The van der Waals surface area contributed by atoms with Crippen molar-refractivity contribution in [1.82, 2.24) is 10.9 Å². The highest BCUT2D eigenvalue weighted by atomic mass is 32.1. The van der Waals surface area contributed by atoms with Crippen molar-refractivity contribution in [3.05, 3.63) is 51.7 Å². The fourth-order valence-corrected chi connectivity index (χ4v) is 2.73. The highest BCUT2D eigenvalue weighted by molar-refractivity contribution is 7.12. The predicted molar refractivity (Wildman–Crippen MR) is 95.6 cm³/mol. The van der Waals surface area contributed by atoms with Crippen molar-refractivity contribution < 1.29 is 19.1 Å². The summed E-state index contributed by atoms with van der Waals surface area (Å²) < 4.78 is 5.44. The number of aryl methyl sites for hydroxylation is 2. The molecule has 1 heterocycles. The molecule has 0 unspecified atom stereocenters. The summed E-state index contributed by atoms with van der Waals surface area (Å²) in [6.45, 7) is 3.61. The normalized spacial score (nSPS) is 10.2. The second-order valence-corrected chi connectivity index (χ2v) is 6.50. The summed E-state index contributed by atoms with van der Waals surface area (Å²) in [7, 11) is 0. The molecule has 2 aromatic rings. The van der Waals surface area contributed by atoms with Crippen LogP contribution in [-0.2, 0) is 9.59 Å². The Balaban J connectivity index is 1.68. The van der Waals surface area contributed by atoms with E-state index < -0.39 is 11.8 Å². The third-order valence-corrected chi connectivity index (χ3v) is 4.33. The Hall–Kier alpha value is -2.67. The van der Waals surface area contributed by atoms with Crippen molar-refractivity contribution in [2.45, 2.75) is 26.7 Å². The van der Waals surface area contributed by atoms with E-state index in [0.717, 1.165) is 11.1 Å². The Bertz CT molecular complexity index is 756. The summed E-state index contributed by atoms with van der Waals surface area (Å²) in [6.07, 6.45) is 0.107. The molecule has 0 aliphatic rings. The maximum absolute atomic E-state index is 11.8. The van der Waals surface area contributed by atoms with E-state index in [4.69, 9.17) is 4.74 Å². The molecular weight excluding hydrogens is 340 g/mol. The zero-order chi connectivity index (χ0) is 18.2. The SMILES string of the molecule is Cc1ccc(C)c(OCC(=O)NNC(=O)CCC(=O)c2cccs2)c1. The van der Waals surface area contributed by atoms with Crippen LogP contribution in [-0.4, -0.2) is 24.2 Å². The second-order valence-electron chi connectivity index (χ2n) is 5.55. The molecule has 0 aliphatic carbocycles. The number of rotatable bonds is 7. The molecule has 0 fully saturated rings. The van der Waals surface area contributed by atoms with Gasteiger partial charge in [0, 0.05) is 12.8 Å².